The van der Waals surface area contributed by atoms with Crippen LogP contribution in [0.25, 0.3) is 0 Å². The van der Waals surface area contributed by atoms with E-state index in [9.17, 15) is 14.7 Å². The van der Waals surface area contributed by atoms with Crippen molar-refractivity contribution in [3.8, 4) is 0 Å². The summed E-state index contributed by atoms with van der Waals surface area (Å²) in [5, 5.41) is 12.2. The highest BCUT2D eigenvalue weighted by atomic mass is 28.4. The minimum absolute atomic E-state index is 0.0228. The van der Waals surface area contributed by atoms with Crippen molar-refractivity contribution in [2.45, 2.75) is 154 Å². The normalized spacial score (nSPS) is 43.3. The van der Waals surface area contributed by atoms with Crippen molar-refractivity contribution in [1.29, 1.82) is 0 Å². The number of hydrogen-bond acceptors (Lipinski definition) is 8. The van der Waals surface area contributed by atoms with E-state index in [0.717, 1.165) is 18.4 Å². The summed E-state index contributed by atoms with van der Waals surface area (Å²) in [5.41, 5.74) is 0.200. The molecule has 0 aromatic heterocycles. The van der Waals surface area contributed by atoms with Gasteiger partial charge in [-0.25, -0.2) is 0 Å². The van der Waals surface area contributed by atoms with Crippen molar-refractivity contribution in [2.24, 2.45) is 17.8 Å². The van der Waals surface area contributed by atoms with Crippen LogP contribution in [0.3, 0.4) is 0 Å². The molecule has 10 atom stereocenters. The van der Waals surface area contributed by atoms with Crippen LogP contribution in [0, 0.1) is 17.8 Å². The molecule has 0 aromatic carbocycles. The van der Waals surface area contributed by atoms with Gasteiger partial charge >= 0.3 is 5.97 Å². The third-order valence-electron chi connectivity index (χ3n) is 11.7. The van der Waals surface area contributed by atoms with Gasteiger partial charge in [-0.15, -0.1) is 0 Å². The standard InChI is InChI=1S/C38H58O8Si/c1-11-31-24(3)15-16-37(45-31)21-29-19-28(44-37)20-32(46-47(9,10)36(6,7)8)25(4)17-23(2)13-12-14-27-22-42-34-33(39)26(5)18-30(35(40)43-29)38(27,34)41/h12-14,17-18,23-24,28-32,34,41H,11,15-16,19-22H2,1-10H3/b13-12+,25-17+,27-14+/t23-,24-,28-,29-,30-,31+,32?,34+,37+,38+/m0/s1. The van der Waals surface area contributed by atoms with E-state index in [1.165, 1.54) is 0 Å². The van der Waals surface area contributed by atoms with Gasteiger partial charge in [-0.2, -0.15) is 0 Å². The van der Waals surface area contributed by atoms with Crippen LogP contribution in [-0.2, 0) is 33.0 Å². The molecule has 5 rings (SSSR count). The number of esters is 1. The summed E-state index contributed by atoms with van der Waals surface area (Å²) in [6.07, 6.45) is 11.5. The molecule has 0 amide bonds. The predicted octanol–water partition coefficient (Wildman–Crippen LogP) is 7.13. The third-order valence-corrected chi connectivity index (χ3v) is 16.2. The lowest BCUT2D eigenvalue weighted by molar-refractivity contribution is -0.337. The van der Waals surface area contributed by atoms with Gasteiger partial charge in [0.2, 0.25) is 0 Å². The maximum atomic E-state index is 14.2. The number of allylic oxidation sites excluding steroid dienone is 4. The highest BCUT2D eigenvalue weighted by molar-refractivity contribution is 6.74. The van der Waals surface area contributed by atoms with Crippen LogP contribution in [0.5, 0.6) is 0 Å². The van der Waals surface area contributed by atoms with E-state index >= 15 is 0 Å². The number of carbonyl (C=O) groups is 2. The first-order chi connectivity index (χ1) is 21.9. The van der Waals surface area contributed by atoms with Crippen molar-refractivity contribution in [3.63, 3.8) is 0 Å². The van der Waals surface area contributed by atoms with E-state index in [1.54, 1.807) is 19.1 Å². The Morgan fingerprint density at radius 1 is 1.06 bits per heavy atom. The monoisotopic (exact) mass is 670 g/mol. The lowest BCUT2D eigenvalue weighted by atomic mass is 9.71. The molecule has 262 valence electrons. The lowest BCUT2D eigenvalue weighted by Gasteiger charge is -2.50. The van der Waals surface area contributed by atoms with Gasteiger partial charge in [0, 0.05) is 25.7 Å². The van der Waals surface area contributed by atoms with Gasteiger partial charge in [-0.1, -0.05) is 71.9 Å². The number of ether oxygens (including phenoxy) is 4. The first-order valence-corrected chi connectivity index (χ1v) is 20.7. The molecule has 1 N–H and O–H groups in total. The Labute approximate surface area is 283 Å². The number of ketones is 1. The molecule has 1 unspecified atom stereocenters. The number of carbonyl (C=O) groups excluding carboxylic acids is 2. The highest BCUT2D eigenvalue weighted by Crippen LogP contribution is 2.47. The van der Waals surface area contributed by atoms with Gasteiger partial charge in [0.25, 0.3) is 0 Å². The SMILES string of the molecule is CC[C@H]1O[C@]2(CC[C@@H]1C)C[C@@H]1C[C@@H](CC(O[Si](C)(C)C(C)(C)C)/C(C)=C/[C@@H](C)/C=C/C=C3\CO[C@@H]4C(=O)C(C)=C[C@@H](C(=O)O1)[C@]34O)O2. The van der Waals surface area contributed by atoms with Crippen LogP contribution < -0.4 is 0 Å². The summed E-state index contributed by atoms with van der Waals surface area (Å²) in [6.45, 7) is 21.7. The molecule has 3 fully saturated rings. The summed E-state index contributed by atoms with van der Waals surface area (Å²) in [4.78, 5) is 27.3. The van der Waals surface area contributed by atoms with E-state index in [1.807, 2.05) is 12.2 Å². The van der Waals surface area contributed by atoms with Crippen LogP contribution in [0.2, 0.25) is 18.1 Å². The maximum Gasteiger partial charge on any atom is 0.316 e. The van der Waals surface area contributed by atoms with Gasteiger partial charge in [0.05, 0.1) is 24.9 Å². The summed E-state index contributed by atoms with van der Waals surface area (Å²) in [6, 6.07) is 0. The number of aliphatic hydroxyl groups is 1. The van der Waals surface area contributed by atoms with Crippen LogP contribution >= 0.6 is 0 Å². The van der Waals surface area contributed by atoms with Crippen molar-refractivity contribution < 1.29 is 38.1 Å². The fourth-order valence-corrected chi connectivity index (χ4v) is 9.09. The second-order valence-corrected chi connectivity index (χ2v) is 21.1. The fourth-order valence-electron chi connectivity index (χ4n) is 7.74. The molecular formula is C38H58O8Si. The molecule has 5 aliphatic rings. The zero-order valence-electron chi connectivity index (χ0n) is 30.3. The van der Waals surface area contributed by atoms with Crippen molar-refractivity contribution >= 4 is 20.1 Å². The smallest absolute Gasteiger partial charge is 0.316 e. The van der Waals surface area contributed by atoms with Crippen LogP contribution in [0.1, 0.15) is 93.9 Å². The molecule has 0 radical (unpaired) electrons. The Kier molecular flexibility index (Phi) is 10.4. The number of rotatable bonds is 3. The van der Waals surface area contributed by atoms with E-state index in [-0.39, 0.29) is 41.7 Å². The molecule has 4 heterocycles. The Morgan fingerprint density at radius 3 is 2.47 bits per heavy atom. The Hall–Kier alpha value is -1.88. The zero-order valence-corrected chi connectivity index (χ0v) is 31.3. The third kappa shape index (κ3) is 7.22. The minimum atomic E-state index is -2.17. The number of hydrogen-bond donors (Lipinski definition) is 1. The zero-order chi connectivity index (χ0) is 34.5. The molecule has 0 saturated carbocycles. The van der Waals surface area contributed by atoms with Crippen molar-refractivity contribution in [1.82, 2.24) is 0 Å². The highest BCUT2D eigenvalue weighted by Gasteiger charge is 2.60. The van der Waals surface area contributed by atoms with E-state index < -0.39 is 43.8 Å². The molecule has 4 aliphatic heterocycles. The number of Topliss-reactive ketones (excluding diaryl/α,β-unsaturated/α-hetero) is 1. The Bertz CT molecular complexity index is 1340. The molecule has 2 bridgehead atoms. The first kappa shape index (κ1) is 36.4. The number of fused-ring (bicyclic) bond motifs is 2. The van der Waals surface area contributed by atoms with Gasteiger partial charge in [-0.3, -0.25) is 9.59 Å². The van der Waals surface area contributed by atoms with E-state index in [0.29, 0.717) is 42.7 Å². The van der Waals surface area contributed by atoms with Crippen molar-refractivity contribution in [3.05, 3.63) is 47.1 Å². The molecule has 9 heteroatoms. The molecule has 3 saturated heterocycles. The average molecular weight is 671 g/mol. The van der Waals surface area contributed by atoms with Crippen LogP contribution in [0.4, 0.5) is 0 Å². The van der Waals surface area contributed by atoms with Crippen molar-refractivity contribution in [2.75, 3.05) is 6.61 Å². The largest absolute Gasteiger partial charge is 0.462 e. The molecule has 1 spiro atoms. The van der Waals surface area contributed by atoms with E-state index in [2.05, 4.69) is 67.6 Å². The predicted molar refractivity (Wildman–Crippen MR) is 184 cm³/mol. The Morgan fingerprint density at radius 2 is 1.79 bits per heavy atom. The second-order valence-electron chi connectivity index (χ2n) is 16.4. The quantitative estimate of drug-likeness (QED) is 0.192. The molecule has 47 heavy (non-hydrogen) atoms. The van der Waals surface area contributed by atoms with Crippen LogP contribution in [0.15, 0.2) is 47.1 Å². The summed E-state index contributed by atoms with van der Waals surface area (Å²) in [5.74, 6) is -2.36. The topological polar surface area (TPSA) is 101 Å². The van der Waals surface area contributed by atoms with Gasteiger partial charge in [-0.05, 0) is 73.4 Å². The molecule has 1 aliphatic carbocycles. The molecule has 8 nitrogen and oxygen atoms in total. The lowest BCUT2D eigenvalue weighted by Crippen LogP contribution is -2.57. The summed E-state index contributed by atoms with van der Waals surface area (Å²) < 4.78 is 33.1. The second kappa shape index (κ2) is 13.4. The molecule has 0 aromatic rings. The minimum Gasteiger partial charge on any atom is -0.462 e. The summed E-state index contributed by atoms with van der Waals surface area (Å²) >= 11 is 0. The maximum absolute atomic E-state index is 14.2. The van der Waals surface area contributed by atoms with Gasteiger partial charge in [0.1, 0.15) is 17.6 Å². The first-order valence-electron chi connectivity index (χ1n) is 17.8. The van der Waals surface area contributed by atoms with E-state index in [4.69, 9.17) is 23.4 Å². The average Bonchev–Trinajstić information content (AvgIpc) is 3.31. The van der Waals surface area contributed by atoms with Gasteiger partial charge in [0.15, 0.2) is 26.0 Å². The Balaban J connectivity index is 1.58. The summed E-state index contributed by atoms with van der Waals surface area (Å²) in [7, 11) is -2.17. The van der Waals surface area contributed by atoms with Gasteiger partial charge < -0.3 is 28.5 Å². The molecular weight excluding hydrogens is 612 g/mol. The fraction of sp³-hybridized carbons (Fsp3) is 0.737. The van der Waals surface area contributed by atoms with Crippen LogP contribution in [-0.4, -0.2) is 73.7 Å².